The van der Waals surface area contributed by atoms with E-state index in [0.29, 0.717) is 5.11 Å². The first-order chi connectivity index (χ1) is 15.2. The number of benzene rings is 4. The van der Waals surface area contributed by atoms with Crippen molar-refractivity contribution < 1.29 is 0 Å². The summed E-state index contributed by atoms with van der Waals surface area (Å²) in [7, 11) is 0. The Morgan fingerprint density at radius 2 is 0.968 bits per heavy atom. The number of rotatable bonds is 6. The minimum Gasteiger partial charge on any atom is -0.356 e. The van der Waals surface area contributed by atoms with Crippen molar-refractivity contribution in [3.63, 3.8) is 0 Å². The summed E-state index contributed by atoms with van der Waals surface area (Å²) < 4.78 is 0. The molecule has 3 heteroatoms. The highest BCUT2D eigenvalue weighted by molar-refractivity contribution is 7.80. The molecule has 0 saturated heterocycles. The van der Waals surface area contributed by atoms with Gasteiger partial charge in [-0.05, 0) is 41.4 Å². The molecule has 4 aromatic rings. The summed E-state index contributed by atoms with van der Waals surface area (Å²) in [6.45, 7) is 2.12. The number of hydrogen-bond acceptors (Lipinski definition) is 1. The Hall–Kier alpha value is -3.43. The quantitative estimate of drug-likeness (QED) is 0.286. The van der Waals surface area contributed by atoms with Crippen LogP contribution >= 0.6 is 12.2 Å². The lowest BCUT2D eigenvalue weighted by molar-refractivity contribution is 0.557. The van der Waals surface area contributed by atoms with Crippen LogP contribution < -0.4 is 10.6 Å². The van der Waals surface area contributed by atoms with Crippen LogP contribution in [0.4, 0.5) is 0 Å². The molecule has 0 saturated carbocycles. The zero-order valence-corrected chi connectivity index (χ0v) is 18.3. The predicted molar refractivity (Wildman–Crippen MR) is 133 cm³/mol. The summed E-state index contributed by atoms with van der Waals surface area (Å²) in [5.74, 6) is 0. The van der Waals surface area contributed by atoms with Crippen LogP contribution in [0.2, 0.25) is 0 Å². The number of hydrogen-bond donors (Lipinski definition) is 2. The van der Waals surface area contributed by atoms with Crippen LogP contribution in [0.25, 0.3) is 0 Å². The minimum absolute atomic E-state index is 0.0845. The first kappa shape index (κ1) is 20.8. The van der Waals surface area contributed by atoms with Gasteiger partial charge < -0.3 is 10.6 Å². The van der Waals surface area contributed by atoms with Crippen molar-refractivity contribution in [1.82, 2.24) is 10.6 Å². The summed E-state index contributed by atoms with van der Waals surface area (Å²) >= 11 is 5.86. The van der Waals surface area contributed by atoms with E-state index in [0.717, 1.165) is 16.7 Å². The zero-order chi connectivity index (χ0) is 21.5. The molecule has 31 heavy (non-hydrogen) atoms. The zero-order valence-electron chi connectivity index (χ0n) is 17.5. The lowest BCUT2D eigenvalue weighted by atomic mass is 9.77. The van der Waals surface area contributed by atoms with Gasteiger partial charge in [-0.15, -0.1) is 0 Å². The lowest BCUT2D eigenvalue weighted by Crippen LogP contribution is -2.51. The molecule has 0 amide bonds. The molecular formula is C28H26N2S. The minimum atomic E-state index is -0.621. The Bertz CT molecular complexity index is 1000. The van der Waals surface area contributed by atoms with Gasteiger partial charge in [0.15, 0.2) is 5.11 Å². The van der Waals surface area contributed by atoms with Gasteiger partial charge in [0.2, 0.25) is 0 Å². The molecule has 0 aliphatic rings. The van der Waals surface area contributed by atoms with Crippen LogP contribution in [0.1, 0.15) is 35.2 Å². The maximum Gasteiger partial charge on any atom is 0.168 e. The molecule has 0 aliphatic carbocycles. The highest BCUT2D eigenvalue weighted by Crippen LogP contribution is 2.36. The molecular weight excluding hydrogens is 396 g/mol. The molecule has 4 aromatic carbocycles. The van der Waals surface area contributed by atoms with Crippen LogP contribution in [-0.4, -0.2) is 5.11 Å². The van der Waals surface area contributed by atoms with Gasteiger partial charge in [0.1, 0.15) is 5.54 Å². The second-order valence-corrected chi connectivity index (χ2v) is 7.99. The molecule has 0 spiro atoms. The van der Waals surface area contributed by atoms with E-state index in [1.807, 2.05) is 36.4 Å². The molecule has 154 valence electrons. The Kier molecular flexibility index (Phi) is 6.44. The van der Waals surface area contributed by atoms with Gasteiger partial charge >= 0.3 is 0 Å². The highest BCUT2D eigenvalue weighted by atomic mass is 32.1. The Balaban J connectivity index is 1.78. The van der Waals surface area contributed by atoms with Gasteiger partial charge in [-0.1, -0.05) is 121 Å². The van der Waals surface area contributed by atoms with Crippen molar-refractivity contribution in [3.05, 3.63) is 144 Å². The van der Waals surface area contributed by atoms with E-state index in [-0.39, 0.29) is 6.04 Å². The predicted octanol–water partition coefficient (Wildman–Crippen LogP) is 6.20. The molecule has 0 bridgehead atoms. The first-order valence-electron chi connectivity index (χ1n) is 10.5. The van der Waals surface area contributed by atoms with E-state index in [2.05, 4.69) is 102 Å². The maximum absolute atomic E-state index is 5.86. The molecule has 0 radical (unpaired) electrons. The number of thiocarbonyl (C=S) groups is 1. The van der Waals surface area contributed by atoms with Crippen molar-refractivity contribution in [2.24, 2.45) is 0 Å². The van der Waals surface area contributed by atoms with Crippen LogP contribution in [0, 0.1) is 0 Å². The van der Waals surface area contributed by atoms with Crippen LogP contribution in [0.3, 0.4) is 0 Å². The van der Waals surface area contributed by atoms with Crippen molar-refractivity contribution in [2.75, 3.05) is 0 Å². The normalized spacial score (nSPS) is 12.0. The third-order valence-corrected chi connectivity index (χ3v) is 5.79. The summed E-state index contributed by atoms with van der Waals surface area (Å²) in [4.78, 5) is 0. The van der Waals surface area contributed by atoms with Gasteiger partial charge in [0, 0.05) is 0 Å². The number of nitrogens with one attached hydrogen (secondary N) is 2. The van der Waals surface area contributed by atoms with Crippen molar-refractivity contribution in [3.8, 4) is 0 Å². The van der Waals surface area contributed by atoms with Crippen molar-refractivity contribution in [2.45, 2.75) is 18.5 Å². The molecule has 0 unspecified atom stereocenters. The van der Waals surface area contributed by atoms with Crippen molar-refractivity contribution in [1.29, 1.82) is 0 Å². The molecule has 0 fully saturated rings. The maximum atomic E-state index is 5.86. The molecule has 0 aromatic heterocycles. The van der Waals surface area contributed by atoms with Gasteiger partial charge in [-0.2, -0.15) is 0 Å². The second kappa shape index (κ2) is 9.59. The summed E-state index contributed by atoms with van der Waals surface area (Å²) in [6.07, 6.45) is 0. The standard InChI is InChI=1S/C28H26N2S/c1-22(23-14-6-2-7-15-23)29-27(31)30-28(24-16-8-3-9-17-24,25-18-10-4-11-19-25)26-20-12-5-13-21-26/h2-22H,1H3,(H2,29,30,31)/t22-/m0/s1. The second-order valence-electron chi connectivity index (χ2n) is 7.58. The Morgan fingerprint density at radius 3 is 1.35 bits per heavy atom. The fourth-order valence-corrected chi connectivity index (χ4v) is 4.34. The fraction of sp³-hybridized carbons (Fsp3) is 0.107. The van der Waals surface area contributed by atoms with Gasteiger partial charge in [0.05, 0.1) is 6.04 Å². The van der Waals surface area contributed by atoms with Gasteiger partial charge in [0.25, 0.3) is 0 Å². The molecule has 2 N–H and O–H groups in total. The third-order valence-electron chi connectivity index (χ3n) is 5.57. The van der Waals surface area contributed by atoms with Crippen LogP contribution in [0.15, 0.2) is 121 Å². The summed E-state index contributed by atoms with van der Waals surface area (Å²) in [5.41, 5.74) is 3.96. The molecule has 4 rings (SSSR count). The largest absolute Gasteiger partial charge is 0.356 e. The van der Waals surface area contributed by atoms with E-state index in [9.17, 15) is 0 Å². The topological polar surface area (TPSA) is 24.1 Å². The molecule has 0 aliphatic heterocycles. The molecule has 1 atom stereocenters. The van der Waals surface area contributed by atoms with Crippen molar-refractivity contribution >= 4 is 17.3 Å². The average molecular weight is 423 g/mol. The summed E-state index contributed by atoms with van der Waals surface area (Å²) in [6, 6.07) is 41.9. The summed E-state index contributed by atoms with van der Waals surface area (Å²) in [5, 5.41) is 7.79. The SMILES string of the molecule is C[C@H](NC(=S)NC(c1ccccc1)(c1ccccc1)c1ccccc1)c1ccccc1. The Morgan fingerprint density at radius 1 is 0.613 bits per heavy atom. The lowest BCUT2D eigenvalue weighted by Gasteiger charge is -2.38. The van der Waals surface area contributed by atoms with E-state index in [1.54, 1.807) is 0 Å². The molecule has 2 nitrogen and oxygen atoms in total. The molecule has 0 heterocycles. The fourth-order valence-electron chi connectivity index (χ4n) is 4.01. The van der Waals surface area contributed by atoms with E-state index >= 15 is 0 Å². The third kappa shape index (κ3) is 4.52. The average Bonchev–Trinajstić information content (AvgIpc) is 2.85. The van der Waals surface area contributed by atoms with Crippen LogP contribution in [-0.2, 0) is 5.54 Å². The van der Waals surface area contributed by atoms with E-state index in [4.69, 9.17) is 12.2 Å². The van der Waals surface area contributed by atoms with Gasteiger partial charge in [-0.3, -0.25) is 0 Å². The van der Waals surface area contributed by atoms with E-state index < -0.39 is 5.54 Å². The first-order valence-corrected chi connectivity index (χ1v) is 10.9. The highest BCUT2D eigenvalue weighted by Gasteiger charge is 2.37. The Labute approximate surface area is 190 Å². The monoisotopic (exact) mass is 422 g/mol. The van der Waals surface area contributed by atoms with Crippen LogP contribution in [0.5, 0.6) is 0 Å². The van der Waals surface area contributed by atoms with Gasteiger partial charge in [-0.25, -0.2) is 0 Å². The van der Waals surface area contributed by atoms with E-state index in [1.165, 1.54) is 5.56 Å². The smallest absolute Gasteiger partial charge is 0.168 e.